The molecule has 3 aromatic rings. The Morgan fingerprint density at radius 3 is 3.00 bits per heavy atom. The van der Waals surface area contributed by atoms with Gasteiger partial charge in [-0.15, -0.1) is 11.3 Å². The molecule has 2 aromatic heterocycles. The Hall–Kier alpha value is -2.07. The van der Waals surface area contributed by atoms with E-state index in [2.05, 4.69) is 11.1 Å². The number of hydrogen-bond acceptors (Lipinski definition) is 4. The maximum Gasteiger partial charge on any atom is 0.138 e. The van der Waals surface area contributed by atoms with Crippen molar-refractivity contribution in [3.8, 4) is 11.5 Å². The summed E-state index contributed by atoms with van der Waals surface area (Å²) in [6.07, 6.45) is 3.41. The van der Waals surface area contributed by atoms with Crippen molar-refractivity contribution in [1.29, 1.82) is 0 Å². The van der Waals surface area contributed by atoms with E-state index in [0.29, 0.717) is 12.4 Å². The lowest BCUT2D eigenvalue weighted by molar-refractivity contribution is 0.308. The third-order valence-electron chi connectivity index (χ3n) is 2.57. The number of aromatic hydroxyl groups is 1. The normalized spacial score (nSPS) is 10.7. The number of aromatic nitrogens is 1. The topological polar surface area (TPSA) is 42.4 Å². The molecule has 0 aliphatic rings. The number of ether oxygens (including phenoxy) is 1. The fourth-order valence-electron chi connectivity index (χ4n) is 1.73. The first kappa shape index (κ1) is 11.0. The van der Waals surface area contributed by atoms with Crippen LogP contribution in [0.25, 0.3) is 10.1 Å². The summed E-state index contributed by atoms with van der Waals surface area (Å²) in [5, 5.41) is 10.5. The SMILES string of the molecule is Oc1ccc2cc(COc3cccnc3)sc2c1. The Balaban J connectivity index is 1.79. The first-order valence-electron chi connectivity index (χ1n) is 5.55. The Labute approximate surface area is 108 Å². The lowest BCUT2D eigenvalue weighted by Crippen LogP contribution is -1.92. The van der Waals surface area contributed by atoms with Gasteiger partial charge in [0, 0.05) is 15.8 Å². The molecule has 0 radical (unpaired) electrons. The minimum atomic E-state index is 0.295. The van der Waals surface area contributed by atoms with E-state index in [0.717, 1.165) is 20.7 Å². The van der Waals surface area contributed by atoms with Gasteiger partial charge in [-0.05, 0) is 41.8 Å². The Morgan fingerprint density at radius 1 is 1.22 bits per heavy atom. The summed E-state index contributed by atoms with van der Waals surface area (Å²) >= 11 is 1.63. The van der Waals surface area contributed by atoms with E-state index in [4.69, 9.17) is 4.74 Å². The Morgan fingerprint density at radius 2 is 2.17 bits per heavy atom. The van der Waals surface area contributed by atoms with Crippen LogP contribution in [0.1, 0.15) is 4.88 Å². The summed E-state index contributed by atoms with van der Waals surface area (Å²) in [4.78, 5) is 5.12. The van der Waals surface area contributed by atoms with E-state index >= 15 is 0 Å². The molecule has 0 unspecified atom stereocenters. The number of pyridine rings is 1. The van der Waals surface area contributed by atoms with Crippen molar-refractivity contribution in [3.63, 3.8) is 0 Å². The summed E-state index contributed by atoms with van der Waals surface area (Å²) in [6, 6.07) is 11.2. The molecule has 90 valence electrons. The molecule has 0 fully saturated rings. The third-order valence-corrected chi connectivity index (χ3v) is 3.64. The van der Waals surface area contributed by atoms with E-state index in [1.165, 1.54) is 0 Å². The molecule has 0 amide bonds. The zero-order valence-electron chi connectivity index (χ0n) is 9.54. The summed E-state index contributed by atoms with van der Waals surface area (Å²) in [6.45, 7) is 0.520. The molecule has 2 heterocycles. The smallest absolute Gasteiger partial charge is 0.138 e. The first-order chi connectivity index (χ1) is 8.81. The van der Waals surface area contributed by atoms with Gasteiger partial charge < -0.3 is 9.84 Å². The van der Waals surface area contributed by atoms with Crippen molar-refractivity contribution in [2.75, 3.05) is 0 Å². The molecule has 0 atom stereocenters. The number of nitrogens with zero attached hydrogens (tertiary/aromatic N) is 1. The van der Waals surface area contributed by atoms with Crippen LogP contribution in [0.2, 0.25) is 0 Å². The molecule has 1 aromatic carbocycles. The minimum absolute atomic E-state index is 0.295. The van der Waals surface area contributed by atoms with Crippen LogP contribution in [-0.2, 0) is 6.61 Å². The molecule has 0 aliphatic heterocycles. The van der Waals surface area contributed by atoms with E-state index < -0.39 is 0 Å². The largest absolute Gasteiger partial charge is 0.508 e. The second-order valence-electron chi connectivity index (χ2n) is 3.91. The van der Waals surface area contributed by atoms with Gasteiger partial charge in [0.15, 0.2) is 0 Å². The van der Waals surface area contributed by atoms with Gasteiger partial charge in [-0.25, -0.2) is 0 Å². The minimum Gasteiger partial charge on any atom is -0.508 e. The molecular weight excluding hydrogens is 246 g/mol. The predicted octanol–water partition coefficient (Wildman–Crippen LogP) is 3.58. The molecule has 0 saturated carbocycles. The number of thiophene rings is 1. The fourth-order valence-corrected chi connectivity index (χ4v) is 2.74. The molecule has 18 heavy (non-hydrogen) atoms. The Kier molecular flexibility index (Phi) is 2.86. The van der Waals surface area contributed by atoms with Gasteiger partial charge in [0.2, 0.25) is 0 Å². The first-order valence-corrected chi connectivity index (χ1v) is 6.37. The second kappa shape index (κ2) is 4.66. The lowest BCUT2D eigenvalue weighted by atomic mass is 10.2. The van der Waals surface area contributed by atoms with Gasteiger partial charge in [0.05, 0.1) is 6.20 Å². The van der Waals surface area contributed by atoms with Crippen LogP contribution < -0.4 is 4.74 Å². The molecule has 0 spiro atoms. The lowest BCUT2D eigenvalue weighted by Gasteiger charge is -2.02. The maximum absolute atomic E-state index is 9.41. The highest BCUT2D eigenvalue weighted by Gasteiger charge is 2.03. The number of fused-ring (bicyclic) bond motifs is 1. The van der Waals surface area contributed by atoms with Crippen molar-refractivity contribution in [2.24, 2.45) is 0 Å². The Bertz CT molecular complexity index is 664. The van der Waals surface area contributed by atoms with Crippen molar-refractivity contribution in [3.05, 3.63) is 53.7 Å². The third kappa shape index (κ3) is 2.28. The van der Waals surface area contributed by atoms with Crippen molar-refractivity contribution in [2.45, 2.75) is 6.61 Å². The van der Waals surface area contributed by atoms with E-state index in [1.807, 2.05) is 18.2 Å². The van der Waals surface area contributed by atoms with Crippen LogP contribution in [0.4, 0.5) is 0 Å². The fraction of sp³-hybridized carbons (Fsp3) is 0.0714. The predicted molar refractivity (Wildman–Crippen MR) is 72.1 cm³/mol. The molecule has 0 bridgehead atoms. The zero-order chi connectivity index (χ0) is 12.4. The van der Waals surface area contributed by atoms with Crippen LogP contribution >= 0.6 is 11.3 Å². The molecule has 1 N–H and O–H groups in total. The van der Waals surface area contributed by atoms with E-state index in [1.54, 1.807) is 35.9 Å². The molecule has 4 heteroatoms. The molecule has 0 aliphatic carbocycles. The molecule has 3 rings (SSSR count). The maximum atomic E-state index is 9.41. The summed E-state index contributed by atoms with van der Waals surface area (Å²) in [7, 11) is 0. The molecule has 3 nitrogen and oxygen atoms in total. The van der Waals surface area contributed by atoms with Gasteiger partial charge in [-0.2, -0.15) is 0 Å². The molecule has 0 saturated heterocycles. The monoisotopic (exact) mass is 257 g/mol. The van der Waals surface area contributed by atoms with Crippen LogP contribution in [0, 0.1) is 0 Å². The van der Waals surface area contributed by atoms with Crippen LogP contribution in [0.3, 0.4) is 0 Å². The number of benzene rings is 1. The van der Waals surface area contributed by atoms with Crippen LogP contribution in [0.15, 0.2) is 48.8 Å². The van der Waals surface area contributed by atoms with Crippen LogP contribution in [-0.4, -0.2) is 10.1 Å². The van der Waals surface area contributed by atoms with Gasteiger partial charge in [-0.3, -0.25) is 4.98 Å². The average Bonchev–Trinajstić information content (AvgIpc) is 2.79. The second-order valence-corrected chi connectivity index (χ2v) is 5.08. The van der Waals surface area contributed by atoms with Crippen molar-refractivity contribution < 1.29 is 9.84 Å². The summed E-state index contributed by atoms with van der Waals surface area (Å²) in [5.74, 6) is 1.06. The zero-order valence-corrected chi connectivity index (χ0v) is 10.4. The van der Waals surface area contributed by atoms with Gasteiger partial charge in [0.1, 0.15) is 18.1 Å². The number of phenols is 1. The average molecular weight is 257 g/mol. The quantitative estimate of drug-likeness (QED) is 0.779. The van der Waals surface area contributed by atoms with E-state index in [-0.39, 0.29) is 0 Å². The van der Waals surface area contributed by atoms with Crippen molar-refractivity contribution >= 4 is 21.4 Å². The number of phenolic OH excluding ortho intramolecular Hbond substituents is 1. The van der Waals surface area contributed by atoms with Gasteiger partial charge >= 0.3 is 0 Å². The standard InChI is InChI=1S/C14H11NO2S/c16-11-4-3-10-6-13(18-14(10)7-11)9-17-12-2-1-5-15-8-12/h1-8,16H,9H2. The van der Waals surface area contributed by atoms with Gasteiger partial charge in [0.25, 0.3) is 0 Å². The van der Waals surface area contributed by atoms with E-state index in [9.17, 15) is 5.11 Å². The highest BCUT2D eigenvalue weighted by Crippen LogP contribution is 2.29. The summed E-state index contributed by atoms with van der Waals surface area (Å²) < 4.78 is 6.71. The number of rotatable bonds is 3. The van der Waals surface area contributed by atoms with Crippen molar-refractivity contribution in [1.82, 2.24) is 4.98 Å². The van der Waals surface area contributed by atoms with Gasteiger partial charge in [-0.1, -0.05) is 0 Å². The number of hydrogen-bond donors (Lipinski definition) is 1. The molecular formula is C14H11NO2S. The van der Waals surface area contributed by atoms with Crippen LogP contribution in [0.5, 0.6) is 11.5 Å². The summed E-state index contributed by atoms with van der Waals surface area (Å²) in [5.41, 5.74) is 0. The highest BCUT2D eigenvalue weighted by atomic mass is 32.1. The highest BCUT2D eigenvalue weighted by molar-refractivity contribution is 7.19.